The molecule has 0 spiro atoms. The zero-order valence-electron chi connectivity index (χ0n) is 19.9. The molecule has 1 aromatic heterocycles. The molecule has 1 unspecified atom stereocenters. The summed E-state index contributed by atoms with van der Waals surface area (Å²) in [6.45, 7) is 6.90. The highest BCUT2D eigenvalue weighted by Gasteiger charge is 2.23. The quantitative estimate of drug-likeness (QED) is 0.293. The summed E-state index contributed by atoms with van der Waals surface area (Å²) < 4.78 is 10.9. The van der Waals surface area contributed by atoms with Gasteiger partial charge in [-0.05, 0) is 63.0 Å². The van der Waals surface area contributed by atoms with Crippen molar-refractivity contribution >= 4 is 5.97 Å². The van der Waals surface area contributed by atoms with Gasteiger partial charge in [-0.3, -0.25) is 0 Å². The minimum atomic E-state index is -0.374. The Bertz CT molecular complexity index is 829. The third-order valence-corrected chi connectivity index (χ3v) is 6.49. The molecule has 5 heteroatoms. The first-order chi connectivity index (χ1) is 15.6. The van der Waals surface area contributed by atoms with Crippen molar-refractivity contribution in [2.75, 3.05) is 13.2 Å². The summed E-state index contributed by atoms with van der Waals surface area (Å²) in [5, 5.41) is 0. The number of hydrogen-bond acceptors (Lipinski definition) is 5. The third-order valence-electron chi connectivity index (χ3n) is 6.49. The molecule has 0 saturated heterocycles. The second-order valence-electron chi connectivity index (χ2n) is 8.96. The number of ether oxygens (including phenoxy) is 2. The molecule has 3 rings (SSSR count). The summed E-state index contributed by atoms with van der Waals surface area (Å²) >= 11 is 0. The molecule has 1 aliphatic carbocycles. The Labute approximate surface area is 193 Å². The largest absolute Gasteiger partial charge is 0.459 e. The maximum absolute atomic E-state index is 12.7. The van der Waals surface area contributed by atoms with E-state index in [-0.39, 0.29) is 18.7 Å². The van der Waals surface area contributed by atoms with Crippen LogP contribution in [-0.2, 0) is 9.47 Å². The number of benzene rings is 1. The normalized spacial score (nSPS) is 19.5. The lowest BCUT2D eigenvalue weighted by Gasteiger charge is -2.28. The fraction of sp³-hybridized carbons (Fsp3) is 0.593. The number of esters is 1. The van der Waals surface area contributed by atoms with E-state index >= 15 is 0 Å². The Balaban J connectivity index is 1.61. The molecule has 32 heavy (non-hydrogen) atoms. The molecule has 1 aliphatic rings. The van der Waals surface area contributed by atoms with Gasteiger partial charge in [-0.25, -0.2) is 14.8 Å². The van der Waals surface area contributed by atoms with Crippen LogP contribution in [0.4, 0.5) is 0 Å². The molecule has 0 bridgehead atoms. The summed E-state index contributed by atoms with van der Waals surface area (Å²) in [4.78, 5) is 21.9. The van der Waals surface area contributed by atoms with E-state index in [0.29, 0.717) is 29.5 Å². The molecule has 1 fully saturated rings. The van der Waals surface area contributed by atoms with Crippen LogP contribution >= 0.6 is 0 Å². The van der Waals surface area contributed by atoms with Crippen LogP contribution in [0, 0.1) is 5.92 Å². The monoisotopic (exact) mass is 438 g/mol. The van der Waals surface area contributed by atoms with Gasteiger partial charge in [-0.2, -0.15) is 0 Å². The van der Waals surface area contributed by atoms with E-state index in [1.165, 1.54) is 56.9 Å². The number of carbonyl (C=O) groups is 1. The number of unbranched alkanes of at least 4 members (excludes halogenated alkanes) is 2. The van der Waals surface area contributed by atoms with Gasteiger partial charge in [0.15, 0.2) is 5.82 Å². The van der Waals surface area contributed by atoms with Gasteiger partial charge in [0.1, 0.15) is 6.61 Å². The van der Waals surface area contributed by atoms with Gasteiger partial charge < -0.3 is 9.47 Å². The van der Waals surface area contributed by atoms with E-state index in [1.54, 1.807) is 6.07 Å². The summed E-state index contributed by atoms with van der Waals surface area (Å²) in [5.41, 5.74) is 2.40. The lowest BCUT2D eigenvalue weighted by Crippen LogP contribution is -2.19. The Kier molecular flexibility index (Phi) is 9.66. The molecule has 1 atom stereocenters. The van der Waals surface area contributed by atoms with Crippen molar-refractivity contribution in [3.8, 4) is 11.4 Å². The van der Waals surface area contributed by atoms with E-state index in [0.717, 1.165) is 5.92 Å². The molecule has 174 valence electrons. The summed E-state index contributed by atoms with van der Waals surface area (Å²) in [7, 11) is 0. The van der Waals surface area contributed by atoms with Crippen LogP contribution in [0.2, 0.25) is 0 Å². The van der Waals surface area contributed by atoms with Crippen LogP contribution in [0.15, 0.2) is 36.7 Å². The van der Waals surface area contributed by atoms with Gasteiger partial charge in [-0.1, -0.05) is 50.8 Å². The van der Waals surface area contributed by atoms with E-state index in [2.05, 4.69) is 16.9 Å². The second kappa shape index (κ2) is 12.7. The van der Waals surface area contributed by atoms with E-state index in [9.17, 15) is 4.79 Å². The molecule has 5 nitrogen and oxygen atoms in total. The molecule has 1 aromatic carbocycles. The van der Waals surface area contributed by atoms with Crippen molar-refractivity contribution in [3.05, 3.63) is 47.8 Å². The standard InChI is InChI=1S/C27H38N2O3/c1-4-6-7-10-21-13-15-22(16-14-21)23-17-28-26(29-18-23)24-11-8-9-12-25(24)27(30)32-19-20(3)31-5-2/h8-9,11-12,17-18,20-22H,4-7,10,13-16,19H2,1-3H3. The highest BCUT2D eigenvalue weighted by Crippen LogP contribution is 2.37. The molecule has 0 N–H and O–H groups in total. The molecular formula is C27H38N2O3. The third kappa shape index (κ3) is 6.86. The van der Waals surface area contributed by atoms with Gasteiger partial charge in [0.2, 0.25) is 0 Å². The van der Waals surface area contributed by atoms with Gasteiger partial charge in [0, 0.05) is 24.6 Å². The second-order valence-corrected chi connectivity index (χ2v) is 8.96. The molecule has 0 aliphatic heterocycles. The minimum absolute atomic E-state index is 0.131. The zero-order valence-corrected chi connectivity index (χ0v) is 19.9. The van der Waals surface area contributed by atoms with Gasteiger partial charge in [0.05, 0.1) is 11.7 Å². The highest BCUT2D eigenvalue weighted by molar-refractivity contribution is 5.96. The fourth-order valence-corrected chi connectivity index (χ4v) is 4.61. The van der Waals surface area contributed by atoms with Crippen molar-refractivity contribution < 1.29 is 14.3 Å². The predicted octanol–water partition coefficient (Wildman–Crippen LogP) is 6.58. The van der Waals surface area contributed by atoms with Crippen LogP contribution < -0.4 is 0 Å². The number of carbonyl (C=O) groups excluding carboxylic acids is 1. The van der Waals surface area contributed by atoms with Crippen molar-refractivity contribution in [3.63, 3.8) is 0 Å². The topological polar surface area (TPSA) is 61.3 Å². The molecule has 1 saturated carbocycles. The number of nitrogens with zero attached hydrogens (tertiary/aromatic N) is 2. The summed E-state index contributed by atoms with van der Waals surface area (Å²) in [5.74, 6) is 1.63. The summed E-state index contributed by atoms with van der Waals surface area (Å²) in [6, 6.07) is 7.37. The van der Waals surface area contributed by atoms with Gasteiger partial charge >= 0.3 is 5.97 Å². The van der Waals surface area contributed by atoms with E-state index in [4.69, 9.17) is 9.47 Å². The number of aromatic nitrogens is 2. The van der Waals surface area contributed by atoms with E-state index < -0.39 is 0 Å². The van der Waals surface area contributed by atoms with E-state index in [1.807, 2.05) is 44.4 Å². The highest BCUT2D eigenvalue weighted by atomic mass is 16.6. The van der Waals surface area contributed by atoms with Crippen LogP contribution in [-0.4, -0.2) is 35.3 Å². The Morgan fingerprint density at radius 2 is 1.78 bits per heavy atom. The van der Waals surface area contributed by atoms with Crippen molar-refractivity contribution in [2.45, 2.75) is 84.2 Å². The molecular weight excluding hydrogens is 400 g/mol. The summed E-state index contributed by atoms with van der Waals surface area (Å²) in [6.07, 6.45) is 14.2. The Morgan fingerprint density at radius 1 is 1.06 bits per heavy atom. The SMILES string of the molecule is CCCCCC1CCC(c2cnc(-c3ccccc3C(=O)OCC(C)OCC)nc2)CC1. The maximum Gasteiger partial charge on any atom is 0.338 e. The molecule has 0 radical (unpaired) electrons. The first-order valence-corrected chi connectivity index (χ1v) is 12.3. The lowest BCUT2D eigenvalue weighted by atomic mass is 9.77. The average molecular weight is 439 g/mol. The lowest BCUT2D eigenvalue weighted by molar-refractivity contribution is 0.00364. The molecule has 0 amide bonds. The molecule has 1 heterocycles. The Morgan fingerprint density at radius 3 is 2.47 bits per heavy atom. The van der Waals surface area contributed by atoms with Gasteiger partial charge in [-0.15, -0.1) is 0 Å². The van der Waals surface area contributed by atoms with Crippen molar-refractivity contribution in [1.82, 2.24) is 9.97 Å². The Hall–Kier alpha value is -2.27. The smallest absolute Gasteiger partial charge is 0.338 e. The van der Waals surface area contributed by atoms with Gasteiger partial charge in [0.25, 0.3) is 0 Å². The zero-order chi connectivity index (χ0) is 22.8. The first-order valence-electron chi connectivity index (χ1n) is 12.3. The molecule has 2 aromatic rings. The van der Waals surface area contributed by atoms with Crippen LogP contribution in [0.1, 0.15) is 94.0 Å². The van der Waals surface area contributed by atoms with Crippen LogP contribution in [0.25, 0.3) is 11.4 Å². The van der Waals surface area contributed by atoms with Crippen LogP contribution in [0.3, 0.4) is 0 Å². The number of rotatable bonds is 11. The van der Waals surface area contributed by atoms with Crippen LogP contribution in [0.5, 0.6) is 0 Å². The van der Waals surface area contributed by atoms with Crippen molar-refractivity contribution in [1.29, 1.82) is 0 Å². The average Bonchev–Trinajstić information content (AvgIpc) is 2.83. The predicted molar refractivity (Wildman–Crippen MR) is 128 cm³/mol. The van der Waals surface area contributed by atoms with Crippen molar-refractivity contribution in [2.24, 2.45) is 5.92 Å². The first kappa shape index (κ1) is 24.4. The number of hydrogen-bond donors (Lipinski definition) is 0. The fourth-order valence-electron chi connectivity index (χ4n) is 4.61. The minimum Gasteiger partial charge on any atom is -0.459 e. The maximum atomic E-state index is 12.7.